The molecular weight excluding hydrogens is 250 g/mol. The molecule has 104 valence electrons. The van der Waals surface area contributed by atoms with Gasteiger partial charge in [0.1, 0.15) is 11.6 Å². The van der Waals surface area contributed by atoms with Crippen molar-refractivity contribution in [1.82, 2.24) is 10.3 Å². The largest absolute Gasteiger partial charge is 0.383 e. The van der Waals surface area contributed by atoms with Gasteiger partial charge in [-0.1, -0.05) is 0 Å². The van der Waals surface area contributed by atoms with Crippen LogP contribution in [0.2, 0.25) is 0 Å². The molecule has 0 bridgehead atoms. The Labute approximate surface area is 110 Å². The number of amides is 1. The number of aromatic nitrogens is 1. The third-order valence-corrected chi connectivity index (χ3v) is 1.99. The monoisotopic (exact) mass is 267 g/mol. The van der Waals surface area contributed by atoms with E-state index in [0.29, 0.717) is 0 Å². The van der Waals surface area contributed by atoms with Gasteiger partial charge in [-0.25, -0.2) is 4.98 Å². The Morgan fingerprint density at radius 3 is 2.63 bits per heavy atom. The molecule has 1 heterocycles. The van der Waals surface area contributed by atoms with E-state index in [1.54, 1.807) is 0 Å². The summed E-state index contributed by atoms with van der Waals surface area (Å²) in [5.74, 6) is -0.0249. The van der Waals surface area contributed by atoms with Crippen LogP contribution in [0.1, 0.15) is 20.8 Å². The van der Waals surface area contributed by atoms with Crippen molar-refractivity contribution in [3.05, 3.63) is 22.2 Å². The number of pyridine rings is 1. The Morgan fingerprint density at radius 1 is 1.47 bits per heavy atom. The zero-order chi connectivity index (χ0) is 14.6. The minimum Gasteiger partial charge on any atom is -0.383 e. The standard InChI is InChI=1S/C11H17N5O3/c1-11(2,3)15-10(17)6-13-9-5-7(16(18)19)4-8(12)14-9/h4-5H,6H2,1-3H3,(H,15,17)(H3,12,13,14). The number of nitrogens with one attached hydrogen (secondary N) is 2. The summed E-state index contributed by atoms with van der Waals surface area (Å²) in [6.45, 7) is 5.53. The minimum atomic E-state index is -0.571. The molecule has 0 atom stereocenters. The van der Waals surface area contributed by atoms with E-state index in [-0.39, 0.29) is 35.3 Å². The summed E-state index contributed by atoms with van der Waals surface area (Å²) >= 11 is 0. The van der Waals surface area contributed by atoms with Crippen molar-refractivity contribution in [2.24, 2.45) is 0 Å². The maximum Gasteiger partial charge on any atom is 0.276 e. The minimum absolute atomic E-state index is 0.0212. The second-order valence-electron chi connectivity index (χ2n) is 5.04. The molecule has 1 aromatic rings. The van der Waals surface area contributed by atoms with Gasteiger partial charge in [-0.3, -0.25) is 14.9 Å². The molecule has 0 radical (unpaired) electrons. The Hall–Kier alpha value is -2.38. The van der Waals surface area contributed by atoms with Crippen LogP contribution >= 0.6 is 0 Å². The molecule has 0 saturated carbocycles. The third kappa shape index (κ3) is 5.19. The van der Waals surface area contributed by atoms with Crippen LogP contribution in [0.15, 0.2) is 12.1 Å². The zero-order valence-electron chi connectivity index (χ0n) is 11.1. The Kier molecular flexibility index (Phi) is 4.26. The highest BCUT2D eigenvalue weighted by Gasteiger charge is 2.14. The van der Waals surface area contributed by atoms with Gasteiger partial charge in [-0.05, 0) is 20.8 Å². The van der Waals surface area contributed by atoms with Gasteiger partial charge in [0.25, 0.3) is 5.69 Å². The molecule has 8 heteroatoms. The zero-order valence-corrected chi connectivity index (χ0v) is 11.1. The summed E-state index contributed by atoms with van der Waals surface area (Å²) in [6.07, 6.45) is 0. The van der Waals surface area contributed by atoms with Gasteiger partial charge in [-0.15, -0.1) is 0 Å². The molecule has 0 aromatic carbocycles. The lowest BCUT2D eigenvalue weighted by atomic mass is 10.1. The SMILES string of the molecule is CC(C)(C)NC(=O)CNc1cc([N+](=O)[O-])cc(N)n1. The van der Waals surface area contributed by atoms with Crippen LogP contribution in [0.3, 0.4) is 0 Å². The van der Waals surface area contributed by atoms with Gasteiger partial charge in [0.2, 0.25) is 5.91 Å². The summed E-state index contributed by atoms with van der Waals surface area (Å²) in [5, 5.41) is 16.1. The molecule has 1 rings (SSSR count). The average Bonchev–Trinajstić information content (AvgIpc) is 2.23. The summed E-state index contributed by atoms with van der Waals surface area (Å²) in [4.78, 5) is 25.5. The molecule has 1 amide bonds. The van der Waals surface area contributed by atoms with E-state index < -0.39 is 4.92 Å². The highest BCUT2D eigenvalue weighted by Crippen LogP contribution is 2.18. The molecule has 8 nitrogen and oxygen atoms in total. The summed E-state index contributed by atoms with van der Waals surface area (Å²) < 4.78 is 0. The highest BCUT2D eigenvalue weighted by molar-refractivity contribution is 5.81. The van der Waals surface area contributed by atoms with Gasteiger partial charge in [0.15, 0.2) is 0 Å². The first-order valence-electron chi connectivity index (χ1n) is 5.64. The van der Waals surface area contributed by atoms with E-state index in [4.69, 9.17) is 5.73 Å². The number of nitrogen functional groups attached to an aromatic ring is 1. The van der Waals surface area contributed by atoms with Crippen LogP contribution in [-0.4, -0.2) is 27.9 Å². The molecule has 0 spiro atoms. The van der Waals surface area contributed by atoms with Crippen LogP contribution in [0.4, 0.5) is 17.3 Å². The molecule has 1 aromatic heterocycles. The van der Waals surface area contributed by atoms with Crippen molar-refractivity contribution in [3.63, 3.8) is 0 Å². The van der Waals surface area contributed by atoms with Crippen molar-refractivity contribution >= 4 is 23.2 Å². The molecule has 0 saturated heterocycles. The summed E-state index contributed by atoms with van der Waals surface area (Å²) in [7, 11) is 0. The molecule has 19 heavy (non-hydrogen) atoms. The highest BCUT2D eigenvalue weighted by atomic mass is 16.6. The summed E-state index contributed by atoms with van der Waals surface area (Å²) in [6, 6.07) is 2.38. The van der Waals surface area contributed by atoms with Crippen molar-refractivity contribution in [3.8, 4) is 0 Å². The predicted octanol–water partition coefficient (Wildman–Crippen LogP) is 0.899. The quantitative estimate of drug-likeness (QED) is 0.550. The second-order valence-corrected chi connectivity index (χ2v) is 5.04. The van der Waals surface area contributed by atoms with Crippen molar-refractivity contribution in [2.75, 3.05) is 17.6 Å². The number of hydrogen-bond donors (Lipinski definition) is 3. The number of carbonyl (C=O) groups is 1. The number of nitrogens with zero attached hydrogens (tertiary/aromatic N) is 2. The van der Waals surface area contributed by atoms with E-state index in [1.807, 2.05) is 20.8 Å². The van der Waals surface area contributed by atoms with Gasteiger partial charge >= 0.3 is 0 Å². The van der Waals surface area contributed by atoms with Crippen molar-refractivity contribution in [2.45, 2.75) is 26.3 Å². The number of anilines is 2. The topological polar surface area (TPSA) is 123 Å². The fourth-order valence-corrected chi connectivity index (χ4v) is 1.37. The fraction of sp³-hybridized carbons (Fsp3) is 0.455. The van der Waals surface area contributed by atoms with Crippen LogP contribution in [0.5, 0.6) is 0 Å². The van der Waals surface area contributed by atoms with Crippen molar-refractivity contribution in [1.29, 1.82) is 0 Å². The lowest BCUT2D eigenvalue weighted by Crippen LogP contribution is -2.43. The van der Waals surface area contributed by atoms with Crippen LogP contribution in [0.25, 0.3) is 0 Å². The normalized spacial score (nSPS) is 10.9. The molecule has 0 aliphatic rings. The van der Waals surface area contributed by atoms with Crippen LogP contribution < -0.4 is 16.4 Å². The Morgan fingerprint density at radius 2 is 2.11 bits per heavy atom. The van der Waals surface area contributed by atoms with Crippen LogP contribution in [0, 0.1) is 10.1 Å². The predicted molar refractivity (Wildman–Crippen MR) is 71.7 cm³/mol. The molecule has 0 fully saturated rings. The van der Waals surface area contributed by atoms with Gasteiger partial charge in [0, 0.05) is 5.54 Å². The Bertz CT molecular complexity index is 496. The van der Waals surface area contributed by atoms with Crippen LogP contribution in [-0.2, 0) is 4.79 Å². The first-order chi connectivity index (χ1) is 8.67. The first kappa shape index (κ1) is 14.7. The van der Waals surface area contributed by atoms with Gasteiger partial charge in [0.05, 0.1) is 23.6 Å². The van der Waals surface area contributed by atoms with Crippen molar-refractivity contribution < 1.29 is 9.72 Å². The molecule has 0 aliphatic heterocycles. The molecular formula is C11H17N5O3. The third-order valence-electron chi connectivity index (χ3n) is 1.99. The number of hydrogen-bond acceptors (Lipinski definition) is 6. The number of carbonyl (C=O) groups excluding carboxylic acids is 1. The first-order valence-corrected chi connectivity index (χ1v) is 5.64. The van der Waals surface area contributed by atoms with E-state index in [2.05, 4.69) is 15.6 Å². The Balaban J connectivity index is 2.68. The maximum absolute atomic E-state index is 11.6. The molecule has 0 unspecified atom stereocenters. The number of nitrogens with two attached hydrogens (primary N) is 1. The van der Waals surface area contributed by atoms with E-state index in [0.717, 1.165) is 6.07 Å². The molecule has 0 aliphatic carbocycles. The van der Waals surface area contributed by atoms with Gasteiger partial charge < -0.3 is 16.4 Å². The molecule has 4 N–H and O–H groups in total. The van der Waals surface area contributed by atoms with Gasteiger partial charge in [-0.2, -0.15) is 0 Å². The second kappa shape index (κ2) is 5.51. The lowest BCUT2D eigenvalue weighted by Gasteiger charge is -2.20. The maximum atomic E-state index is 11.6. The number of nitro groups is 1. The smallest absolute Gasteiger partial charge is 0.276 e. The van der Waals surface area contributed by atoms with E-state index in [9.17, 15) is 14.9 Å². The average molecular weight is 267 g/mol. The van der Waals surface area contributed by atoms with E-state index in [1.165, 1.54) is 6.07 Å². The van der Waals surface area contributed by atoms with E-state index >= 15 is 0 Å². The summed E-state index contributed by atoms with van der Waals surface area (Å²) in [5.41, 5.74) is 4.94. The number of rotatable bonds is 4. The fourth-order valence-electron chi connectivity index (χ4n) is 1.37. The lowest BCUT2D eigenvalue weighted by molar-refractivity contribution is -0.384.